The van der Waals surface area contributed by atoms with Crippen LogP contribution in [0.1, 0.15) is 32.1 Å². The average molecular weight is 357 g/mol. The zero-order chi connectivity index (χ0) is 16.7. The minimum atomic E-state index is -0.0514. The van der Waals surface area contributed by atoms with Crippen molar-refractivity contribution in [3.05, 3.63) is 33.8 Å². The highest BCUT2D eigenvalue weighted by atomic mass is 35.5. The Morgan fingerprint density at radius 3 is 2.61 bits per heavy atom. The Morgan fingerprint density at radius 2 is 2.00 bits per heavy atom. The van der Waals surface area contributed by atoms with E-state index in [2.05, 4.69) is 16.7 Å². The Bertz CT molecular complexity index is 565. The van der Waals surface area contributed by atoms with Crippen LogP contribution in [0, 0.1) is 0 Å². The number of amides is 1. The minimum absolute atomic E-state index is 0.0514. The van der Waals surface area contributed by atoms with Crippen molar-refractivity contribution in [3.63, 3.8) is 0 Å². The summed E-state index contributed by atoms with van der Waals surface area (Å²) in [4.78, 5) is 11.9. The Morgan fingerprint density at radius 1 is 1.26 bits per heavy atom. The highest BCUT2D eigenvalue weighted by molar-refractivity contribution is 6.37. The number of allylic oxidation sites excluding steroid dienone is 1. The van der Waals surface area contributed by atoms with Gasteiger partial charge in [0.2, 0.25) is 5.91 Å². The molecule has 0 saturated heterocycles. The lowest BCUT2D eigenvalue weighted by atomic mass is 9.97. The number of anilines is 1. The second kappa shape index (κ2) is 9.04. The summed E-state index contributed by atoms with van der Waals surface area (Å²) >= 11 is 12.1. The molecule has 23 heavy (non-hydrogen) atoms. The van der Waals surface area contributed by atoms with Gasteiger partial charge >= 0.3 is 0 Å². The third-order valence-electron chi connectivity index (χ3n) is 3.81. The maximum Gasteiger partial charge on any atom is 0.239 e. The van der Waals surface area contributed by atoms with Crippen molar-refractivity contribution < 1.29 is 9.53 Å². The molecule has 1 aromatic carbocycles. The fourth-order valence-corrected chi connectivity index (χ4v) is 3.24. The molecule has 0 aromatic heterocycles. The number of carbonyl (C=O) groups excluding carboxylic acids is 1. The molecule has 2 rings (SSSR count). The largest absolute Gasteiger partial charge is 0.494 e. The summed E-state index contributed by atoms with van der Waals surface area (Å²) in [5.74, 6) is 0.383. The third kappa shape index (κ3) is 5.63. The minimum Gasteiger partial charge on any atom is -0.494 e. The Hall–Kier alpha value is -1.39. The first-order valence-electron chi connectivity index (χ1n) is 7.81. The molecule has 0 heterocycles. The maximum atomic E-state index is 11.9. The van der Waals surface area contributed by atoms with Gasteiger partial charge in [0.1, 0.15) is 0 Å². The van der Waals surface area contributed by atoms with Gasteiger partial charge in [-0.2, -0.15) is 0 Å². The molecule has 4 nitrogen and oxygen atoms in total. The lowest BCUT2D eigenvalue weighted by Crippen LogP contribution is -2.30. The molecule has 1 aliphatic rings. The summed E-state index contributed by atoms with van der Waals surface area (Å²) in [7, 11) is 1.51. The average Bonchev–Trinajstić information content (AvgIpc) is 2.54. The quantitative estimate of drug-likeness (QED) is 0.711. The van der Waals surface area contributed by atoms with Crippen molar-refractivity contribution in [2.75, 3.05) is 25.5 Å². The van der Waals surface area contributed by atoms with Crippen LogP contribution in [-0.4, -0.2) is 26.1 Å². The molecule has 1 amide bonds. The van der Waals surface area contributed by atoms with E-state index < -0.39 is 0 Å². The number of ether oxygens (including phenoxy) is 1. The molecule has 0 radical (unpaired) electrons. The predicted molar refractivity (Wildman–Crippen MR) is 95.7 cm³/mol. The summed E-state index contributed by atoms with van der Waals surface area (Å²) in [5.41, 5.74) is 2.14. The topological polar surface area (TPSA) is 50.4 Å². The molecule has 0 saturated carbocycles. The predicted octanol–water partition coefficient (Wildman–Crippen LogP) is 4.42. The van der Waals surface area contributed by atoms with Crippen molar-refractivity contribution >= 4 is 34.8 Å². The maximum absolute atomic E-state index is 11.9. The fraction of sp³-hybridized carbons (Fsp3) is 0.471. The van der Waals surface area contributed by atoms with Gasteiger partial charge < -0.3 is 15.4 Å². The number of rotatable bonds is 7. The first-order valence-corrected chi connectivity index (χ1v) is 8.57. The number of methoxy groups -OCH3 is 1. The molecule has 1 aromatic rings. The van der Waals surface area contributed by atoms with Gasteiger partial charge in [-0.3, -0.25) is 4.79 Å². The van der Waals surface area contributed by atoms with E-state index >= 15 is 0 Å². The highest BCUT2D eigenvalue weighted by Crippen LogP contribution is 2.35. The SMILES string of the molecule is COc1c(Cl)cc(NCC(=O)NCCC2=CCCCC2)cc1Cl. The zero-order valence-corrected chi connectivity index (χ0v) is 14.8. The van der Waals surface area contributed by atoms with Crippen molar-refractivity contribution in [2.24, 2.45) is 0 Å². The molecule has 6 heteroatoms. The number of hydrogen-bond donors (Lipinski definition) is 2. The number of hydrogen-bond acceptors (Lipinski definition) is 3. The molecule has 1 aliphatic carbocycles. The summed E-state index contributed by atoms with van der Waals surface area (Å²) in [6, 6.07) is 3.37. The molecule has 0 aliphatic heterocycles. The Kier molecular flexibility index (Phi) is 7.06. The standard InChI is InChI=1S/C17H22Cl2N2O2/c1-23-17-14(18)9-13(10-15(17)19)21-11-16(22)20-8-7-12-5-3-2-4-6-12/h5,9-10,21H,2-4,6-8,11H2,1H3,(H,20,22). The van der Waals surface area contributed by atoms with Gasteiger partial charge in [-0.05, 0) is 44.2 Å². The Balaban J connectivity index is 1.75. The number of nitrogens with one attached hydrogen (secondary N) is 2. The van der Waals surface area contributed by atoms with E-state index in [0.717, 1.165) is 12.8 Å². The lowest BCUT2D eigenvalue weighted by Gasteiger charge is -2.13. The van der Waals surface area contributed by atoms with Gasteiger partial charge in [0, 0.05) is 12.2 Å². The zero-order valence-electron chi connectivity index (χ0n) is 13.3. The first-order chi connectivity index (χ1) is 11.1. The van der Waals surface area contributed by atoms with Gasteiger partial charge in [-0.15, -0.1) is 0 Å². The molecule has 0 unspecified atom stereocenters. The van der Waals surface area contributed by atoms with E-state index in [1.54, 1.807) is 12.1 Å². The van der Waals surface area contributed by atoms with Gasteiger partial charge in [0.05, 0.1) is 23.7 Å². The van der Waals surface area contributed by atoms with E-state index in [1.807, 2.05) is 0 Å². The molecule has 0 spiro atoms. The van der Waals surface area contributed by atoms with Gasteiger partial charge in [0.15, 0.2) is 5.75 Å². The smallest absolute Gasteiger partial charge is 0.239 e. The molecule has 0 atom stereocenters. The van der Waals surface area contributed by atoms with Crippen LogP contribution in [0.25, 0.3) is 0 Å². The van der Waals surface area contributed by atoms with E-state index in [4.69, 9.17) is 27.9 Å². The van der Waals surface area contributed by atoms with Crippen molar-refractivity contribution in [1.29, 1.82) is 0 Å². The third-order valence-corrected chi connectivity index (χ3v) is 4.37. The van der Waals surface area contributed by atoms with Crippen LogP contribution in [0.5, 0.6) is 5.75 Å². The van der Waals surface area contributed by atoms with Gasteiger partial charge in [-0.25, -0.2) is 0 Å². The second-order valence-electron chi connectivity index (χ2n) is 5.53. The molecule has 0 fully saturated rings. The summed E-state index contributed by atoms with van der Waals surface area (Å²) in [6.07, 6.45) is 8.12. The molecular formula is C17H22Cl2N2O2. The van der Waals surface area contributed by atoms with E-state index in [-0.39, 0.29) is 12.5 Å². The molecular weight excluding hydrogens is 335 g/mol. The van der Waals surface area contributed by atoms with Crippen LogP contribution >= 0.6 is 23.2 Å². The van der Waals surface area contributed by atoms with Crippen molar-refractivity contribution in [3.8, 4) is 5.75 Å². The van der Waals surface area contributed by atoms with Gasteiger partial charge in [0.25, 0.3) is 0 Å². The summed E-state index contributed by atoms with van der Waals surface area (Å²) in [5, 5.41) is 6.75. The molecule has 0 bridgehead atoms. The van der Waals surface area contributed by atoms with Crippen LogP contribution in [0.15, 0.2) is 23.8 Å². The molecule has 126 valence electrons. The number of halogens is 2. The van der Waals surface area contributed by atoms with Crippen LogP contribution < -0.4 is 15.4 Å². The number of carbonyl (C=O) groups is 1. The second-order valence-corrected chi connectivity index (χ2v) is 6.35. The number of benzene rings is 1. The first kappa shape index (κ1) is 18.0. The highest BCUT2D eigenvalue weighted by Gasteiger charge is 2.09. The van der Waals surface area contributed by atoms with Crippen LogP contribution in [0.2, 0.25) is 10.0 Å². The Labute approximate surface area is 147 Å². The van der Waals surface area contributed by atoms with Crippen LogP contribution in [-0.2, 0) is 4.79 Å². The van der Waals surface area contributed by atoms with Crippen molar-refractivity contribution in [1.82, 2.24) is 5.32 Å². The van der Waals surface area contributed by atoms with Gasteiger partial charge in [-0.1, -0.05) is 34.9 Å². The van der Waals surface area contributed by atoms with E-state index in [1.165, 1.54) is 31.9 Å². The normalized spacial score (nSPS) is 14.1. The van der Waals surface area contributed by atoms with E-state index in [9.17, 15) is 4.79 Å². The summed E-state index contributed by atoms with van der Waals surface area (Å²) in [6.45, 7) is 0.856. The van der Waals surface area contributed by atoms with E-state index in [0.29, 0.717) is 28.0 Å². The fourth-order valence-electron chi connectivity index (χ4n) is 2.60. The van der Waals surface area contributed by atoms with Crippen LogP contribution in [0.3, 0.4) is 0 Å². The van der Waals surface area contributed by atoms with Crippen LogP contribution in [0.4, 0.5) is 5.69 Å². The summed E-state index contributed by atoms with van der Waals surface area (Å²) < 4.78 is 5.09. The lowest BCUT2D eigenvalue weighted by molar-refractivity contribution is -0.119. The molecule has 2 N–H and O–H groups in total. The van der Waals surface area contributed by atoms with Crippen molar-refractivity contribution in [2.45, 2.75) is 32.1 Å². The monoisotopic (exact) mass is 356 g/mol.